The standard InChI is InChI=1S/C24H21ClN2O3/c1-2-14-29-22-12-8-20(9-13-22)24(28)27-26-16-19-4-3-5-23(15-19)30-17-18-6-10-21(25)11-7-18/h2-13,15-16H,1,14,17H2,(H,27,28). The summed E-state index contributed by atoms with van der Waals surface area (Å²) < 4.78 is 11.2. The highest BCUT2D eigenvalue weighted by molar-refractivity contribution is 6.30. The van der Waals surface area contributed by atoms with Gasteiger partial charge in [-0.2, -0.15) is 5.10 Å². The molecule has 3 aromatic carbocycles. The van der Waals surface area contributed by atoms with Crippen molar-refractivity contribution in [3.63, 3.8) is 0 Å². The third kappa shape index (κ3) is 6.50. The monoisotopic (exact) mass is 420 g/mol. The summed E-state index contributed by atoms with van der Waals surface area (Å²) in [6.07, 6.45) is 3.22. The predicted octanol–water partition coefficient (Wildman–Crippen LogP) is 5.25. The molecule has 6 heteroatoms. The van der Waals surface area contributed by atoms with Crippen LogP contribution in [0.3, 0.4) is 0 Å². The molecule has 0 aliphatic rings. The Morgan fingerprint density at radius 2 is 1.77 bits per heavy atom. The molecule has 0 heterocycles. The number of hydrazone groups is 1. The normalized spacial score (nSPS) is 10.6. The Labute approximate surface area is 180 Å². The summed E-state index contributed by atoms with van der Waals surface area (Å²) in [5.74, 6) is 1.07. The van der Waals surface area contributed by atoms with E-state index in [1.165, 1.54) is 0 Å². The highest BCUT2D eigenvalue weighted by Crippen LogP contribution is 2.16. The van der Waals surface area contributed by atoms with Gasteiger partial charge in [0.1, 0.15) is 24.7 Å². The zero-order valence-corrected chi connectivity index (χ0v) is 17.0. The van der Waals surface area contributed by atoms with Crippen molar-refractivity contribution < 1.29 is 14.3 Å². The average Bonchev–Trinajstić information content (AvgIpc) is 2.78. The molecule has 30 heavy (non-hydrogen) atoms. The van der Waals surface area contributed by atoms with Crippen LogP contribution < -0.4 is 14.9 Å². The summed E-state index contributed by atoms with van der Waals surface area (Å²) in [6.45, 7) is 4.44. The molecular formula is C24H21ClN2O3. The van der Waals surface area contributed by atoms with E-state index in [1.54, 1.807) is 36.6 Å². The molecule has 152 valence electrons. The second-order valence-corrected chi connectivity index (χ2v) is 6.75. The van der Waals surface area contributed by atoms with E-state index in [4.69, 9.17) is 21.1 Å². The lowest BCUT2D eigenvalue weighted by molar-refractivity contribution is 0.0955. The number of hydrogen-bond acceptors (Lipinski definition) is 4. The lowest BCUT2D eigenvalue weighted by Gasteiger charge is -2.07. The van der Waals surface area contributed by atoms with Crippen LogP contribution >= 0.6 is 11.6 Å². The first-order valence-corrected chi connectivity index (χ1v) is 9.66. The molecule has 0 aliphatic carbocycles. The van der Waals surface area contributed by atoms with E-state index in [2.05, 4.69) is 17.1 Å². The first-order valence-electron chi connectivity index (χ1n) is 9.28. The molecule has 5 nitrogen and oxygen atoms in total. The predicted molar refractivity (Wildman–Crippen MR) is 119 cm³/mol. The molecule has 0 unspecified atom stereocenters. The van der Waals surface area contributed by atoms with Crippen LogP contribution in [0.25, 0.3) is 0 Å². The van der Waals surface area contributed by atoms with Gasteiger partial charge >= 0.3 is 0 Å². The van der Waals surface area contributed by atoms with Crippen molar-refractivity contribution in [2.24, 2.45) is 5.10 Å². The van der Waals surface area contributed by atoms with Crippen LogP contribution in [0.5, 0.6) is 11.5 Å². The third-order valence-corrected chi connectivity index (χ3v) is 4.29. The van der Waals surface area contributed by atoms with Crippen molar-refractivity contribution in [1.29, 1.82) is 0 Å². The number of ether oxygens (including phenoxy) is 2. The molecule has 1 amide bonds. The van der Waals surface area contributed by atoms with Gasteiger partial charge in [-0.1, -0.05) is 48.5 Å². The van der Waals surface area contributed by atoms with Gasteiger partial charge in [0.15, 0.2) is 0 Å². The first kappa shape index (κ1) is 21.1. The highest BCUT2D eigenvalue weighted by Gasteiger charge is 2.04. The van der Waals surface area contributed by atoms with E-state index in [0.29, 0.717) is 35.3 Å². The summed E-state index contributed by atoms with van der Waals surface area (Å²) in [6, 6.07) is 21.7. The van der Waals surface area contributed by atoms with Crippen LogP contribution in [0.15, 0.2) is 90.6 Å². The van der Waals surface area contributed by atoms with Crippen molar-refractivity contribution in [3.05, 3.63) is 107 Å². The lowest BCUT2D eigenvalue weighted by Crippen LogP contribution is -2.17. The Kier molecular flexibility index (Phi) is 7.64. The molecule has 0 saturated carbocycles. The highest BCUT2D eigenvalue weighted by atomic mass is 35.5. The van der Waals surface area contributed by atoms with Crippen molar-refractivity contribution >= 4 is 23.7 Å². The van der Waals surface area contributed by atoms with Crippen LogP contribution in [0, 0.1) is 0 Å². The molecular weight excluding hydrogens is 400 g/mol. The lowest BCUT2D eigenvalue weighted by atomic mass is 10.2. The van der Waals surface area contributed by atoms with Gasteiger partial charge in [-0.3, -0.25) is 4.79 Å². The van der Waals surface area contributed by atoms with Gasteiger partial charge in [-0.15, -0.1) is 0 Å². The summed E-state index contributed by atoms with van der Waals surface area (Å²) in [4.78, 5) is 12.2. The van der Waals surface area contributed by atoms with Crippen LogP contribution in [0.1, 0.15) is 21.5 Å². The maximum atomic E-state index is 12.2. The van der Waals surface area contributed by atoms with Crippen molar-refractivity contribution in [2.75, 3.05) is 6.61 Å². The number of hydrogen-bond donors (Lipinski definition) is 1. The topological polar surface area (TPSA) is 59.9 Å². The first-order chi connectivity index (χ1) is 14.6. The van der Waals surface area contributed by atoms with Gasteiger partial charge in [-0.05, 0) is 59.7 Å². The molecule has 1 N–H and O–H groups in total. The van der Waals surface area contributed by atoms with Crippen LogP contribution in [0.2, 0.25) is 5.02 Å². The summed E-state index contributed by atoms with van der Waals surface area (Å²) >= 11 is 5.89. The minimum atomic E-state index is -0.309. The smallest absolute Gasteiger partial charge is 0.271 e. The Hall–Kier alpha value is -3.57. The Morgan fingerprint density at radius 3 is 2.50 bits per heavy atom. The van der Waals surface area contributed by atoms with Gasteiger partial charge in [0, 0.05) is 10.6 Å². The molecule has 0 fully saturated rings. The number of halogens is 1. The number of benzene rings is 3. The van der Waals surface area contributed by atoms with Crippen LogP contribution in [-0.4, -0.2) is 18.7 Å². The fourth-order valence-corrected chi connectivity index (χ4v) is 2.65. The largest absolute Gasteiger partial charge is 0.490 e. The van der Waals surface area contributed by atoms with E-state index < -0.39 is 0 Å². The maximum Gasteiger partial charge on any atom is 0.271 e. The molecule has 0 aliphatic heterocycles. The minimum Gasteiger partial charge on any atom is -0.490 e. The van der Waals surface area contributed by atoms with E-state index >= 15 is 0 Å². The zero-order valence-electron chi connectivity index (χ0n) is 16.3. The fraction of sp³-hybridized carbons (Fsp3) is 0.0833. The minimum absolute atomic E-state index is 0.309. The molecule has 0 radical (unpaired) electrons. The Morgan fingerprint density at radius 1 is 1.00 bits per heavy atom. The number of nitrogens with one attached hydrogen (secondary N) is 1. The fourth-order valence-electron chi connectivity index (χ4n) is 2.52. The molecule has 0 spiro atoms. The Balaban J connectivity index is 1.53. The van der Waals surface area contributed by atoms with Gasteiger partial charge in [0.05, 0.1) is 6.21 Å². The number of nitrogens with zero attached hydrogens (tertiary/aromatic N) is 1. The van der Waals surface area contributed by atoms with Gasteiger partial charge in [0.2, 0.25) is 0 Å². The number of carbonyl (C=O) groups excluding carboxylic acids is 1. The average molecular weight is 421 g/mol. The quantitative estimate of drug-likeness (QED) is 0.292. The summed E-state index contributed by atoms with van der Waals surface area (Å²) in [7, 11) is 0. The SMILES string of the molecule is C=CCOc1ccc(C(=O)NN=Cc2cccc(OCc3ccc(Cl)cc3)c2)cc1. The third-order valence-electron chi connectivity index (χ3n) is 4.04. The van der Waals surface area contributed by atoms with Crippen molar-refractivity contribution in [1.82, 2.24) is 5.43 Å². The molecule has 3 aromatic rings. The number of carbonyl (C=O) groups is 1. The van der Waals surface area contributed by atoms with Crippen LogP contribution in [0.4, 0.5) is 0 Å². The molecule has 0 bridgehead atoms. The van der Waals surface area contributed by atoms with E-state index in [-0.39, 0.29) is 5.91 Å². The van der Waals surface area contributed by atoms with Gasteiger partial charge in [-0.25, -0.2) is 5.43 Å². The van der Waals surface area contributed by atoms with Crippen LogP contribution in [-0.2, 0) is 6.61 Å². The van der Waals surface area contributed by atoms with E-state index in [0.717, 1.165) is 11.1 Å². The molecule has 3 rings (SSSR count). The second-order valence-electron chi connectivity index (χ2n) is 6.31. The Bertz CT molecular complexity index is 1020. The zero-order chi connectivity index (χ0) is 21.2. The maximum absolute atomic E-state index is 12.2. The van der Waals surface area contributed by atoms with E-state index in [1.807, 2.05) is 48.5 Å². The molecule has 0 atom stereocenters. The van der Waals surface area contributed by atoms with Crippen molar-refractivity contribution in [2.45, 2.75) is 6.61 Å². The second kappa shape index (κ2) is 10.8. The number of amides is 1. The summed E-state index contributed by atoms with van der Waals surface area (Å²) in [5.41, 5.74) is 4.82. The van der Waals surface area contributed by atoms with Crippen molar-refractivity contribution in [3.8, 4) is 11.5 Å². The number of rotatable bonds is 9. The van der Waals surface area contributed by atoms with Gasteiger partial charge < -0.3 is 9.47 Å². The molecule has 0 aromatic heterocycles. The van der Waals surface area contributed by atoms with Gasteiger partial charge in [0.25, 0.3) is 5.91 Å². The summed E-state index contributed by atoms with van der Waals surface area (Å²) in [5, 5.41) is 4.71. The molecule has 0 saturated heterocycles. The van der Waals surface area contributed by atoms with E-state index in [9.17, 15) is 4.79 Å².